The molecule has 0 amide bonds. The van der Waals surface area contributed by atoms with Crippen LogP contribution >= 0.6 is 10.2 Å². The zero-order chi connectivity index (χ0) is 34.5. The van der Waals surface area contributed by atoms with Gasteiger partial charge in [-0.15, -0.1) is 0 Å². The summed E-state index contributed by atoms with van der Waals surface area (Å²) in [5, 5.41) is -14.4. The Balaban J connectivity index is 2.73. The van der Waals surface area contributed by atoms with Crippen LogP contribution in [0.2, 0.25) is 0 Å². The highest BCUT2D eigenvalue weighted by Gasteiger charge is 2.78. The third kappa shape index (κ3) is 6.23. The molecule has 0 aliphatic rings. The second kappa shape index (κ2) is 11.6. The van der Waals surface area contributed by atoms with E-state index in [0.29, 0.717) is 0 Å². The normalized spacial score (nSPS) is 14.8. The van der Waals surface area contributed by atoms with Crippen molar-refractivity contribution in [2.75, 3.05) is 0 Å². The summed E-state index contributed by atoms with van der Waals surface area (Å²) in [5.41, 5.74) is -0.910. The molecule has 250 valence electrons. The first kappa shape index (κ1) is 36.4. The summed E-state index contributed by atoms with van der Waals surface area (Å²) in [6.07, 6.45) is -14.4. The fourth-order valence-corrected chi connectivity index (χ4v) is 13.8. The monoisotopic (exact) mass is 715 g/mol. The molecule has 3 aromatic carbocycles. The Kier molecular flexibility index (Phi) is 9.43. The zero-order valence-corrected chi connectivity index (χ0v) is 25.5. The van der Waals surface area contributed by atoms with Crippen molar-refractivity contribution >= 4 is 30.3 Å². The number of hydrogen-bond donors (Lipinski definition) is 0. The van der Waals surface area contributed by atoms with Gasteiger partial charge in [0.2, 0.25) is 0 Å². The maximum Gasteiger partial charge on any atom is 0.471 e. The Hall–Kier alpha value is -3.03. The SMILES string of the molecule is CC(C)(C)Oc1ccc(S(c2ccccc2)(c2ccccc2)N(S(=O)(=O)C(F)(F)C(F)(F)F)S(=O)(=O)C(F)(F)C(F)(F)F)cc1. The average Bonchev–Trinajstić information content (AvgIpc) is 2.90. The minimum absolute atomic E-state index is 0.0563. The Labute approximate surface area is 253 Å². The van der Waals surface area contributed by atoms with Crippen molar-refractivity contribution in [2.24, 2.45) is 0 Å². The molecule has 0 atom stereocenters. The van der Waals surface area contributed by atoms with E-state index in [1.165, 1.54) is 12.1 Å². The summed E-state index contributed by atoms with van der Waals surface area (Å²) in [5.74, 6) is -0.0563. The summed E-state index contributed by atoms with van der Waals surface area (Å²) >= 11 is 0. The molecule has 3 rings (SSSR count). The highest BCUT2D eigenvalue weighted by Crippen LogP contribution is 2.74. The first-order chi connectivity index (χ1) is 20.3. The number of ether oxygens (including phenoxy) is 1. The van der Waals surface area contributed by atoms with Gasteiger partial charge in [-0.05, 0) is 72.4 Å². The Morgan fingerprint density at radius 1 is 0.511 bits per heavy atom. The molecule has 0 unspecified atom stereocenters. The maximum absolute atomic E-state index is 14.9. The summed E-state index contributed by atoms with van der Waals surface area (Å²) < 4.78 is 199. The molecular formula is C26H23F10NO5S3. The highest BCUT2D eigenvalue weighted by molar-refractivity contribution is 8.41. The van der Waals surface area contributed by atoms with Crippen LogP contribution < -0.4 is 4.74 Å². The number of halogens is 10. The van der Waals surface area contributed by atoms with E-state index in [1.54, 1.807) is 20.8 Å². The third-order valence-corrected chi connectivity index (χ3v) is 15.2. The molecular weight excluding hydrogens is 692 g/mol. The van der Waals surface area contributed by atoms with Crippen LogP contribution in [0.5, 0.6) is 5.75 Å². The number of sulfonamides is 2. The Morgan fingerprint density at radius 3 is 1.11 bits per heavy atom. The lowest BCUT2D eigenvalue weighted by Crippen LogP contribution is -2.59. The van der Waals surface area contributed by atoms with Crippen LogP contribution in [0.25, 0.3) is 0 Å². The lowest BCUT2D eigenvalue weighted by molar-refractivity contribution is -0.243. The van der Waals surface area contributed by atoms with Gasteiger partial charge in [0, 0.05) is 14.7 Å². The predicted octanol–water partition coefficient (Wildman–Crippen LogP) is 8.33. The molecule has 0 fully saturated rings. The summed E-state index contributed by atoms with van der Waals surface area (Å²) in [7, 11) is -21.4. The van der Waals surface area contributed by atoms with Gasteiger partial charge in [0.15, 0.2) is 0 Å². The molecule has 45 heavy (non-hydrogen) atoms. The lowest BCUT2D eigenvalue weighted by Gasteiger charge is -2.48. The molecule has 0 aromatic heterocycles. The van der Waals surface area contributed by atoms with Crippen molar-refractivity contribution in [1.29, 1.82) is 0 Å². The van der Waals surface area contributed by atoms with Gasteiger partial charge in [-0.1, -0.05) is 46.6 Å². The number of alkyl halides is 10. The van der Waals surface area contributed by atoms with Crippen LogP contribution in [-0.2, 0) is 20.0 Å². The fraction of sp³-hybridized carbons (Fsp3) is 0.308. The van der Waals surface area contributed by atoms with E-state index < -0.39 is 76.5 Å². The largest absolute Gasteiger partial charge is 0.488 e. The topological polar surface area (TPSA) is 80.8 Å². The van der Waals surface area contributed by atoms with Gasteiger partial charge in [-0.25, -0.2) is 16.8 Å². The average molecular weight is 716 g/mol. The van der Waals surface area contributed by atoms with Crippen LogP contribution in [0.4, 0.5) is 43.9 Å². The number of hydrogen-bond acceptors (Lipinski definition) is 5. The van der Waals surface area contributed by atoms with E-state index in [2.05, 4.69) is 0 Å². The molecule has 0 heterocycles. The van der Waals surface area contributed by atoms with Crippen molar-refractivity contribution in [3.63, 3.8) is 0 Å². The molecule has 0 spiro atoms. The van der Waals surface area contributed by atoms with E-state index in [1.807, 2.05) is 0 Å². The molecule has 0 aliphatic heterocycles. The molecule has 0 aliphatic carbocycles. The molecule has 0 N–H and O–H groups in total. The minimum Gasteiger partial charge on any atom is -0.488 e. The Bertz CT molecular complexity index is 1610. The molecule has 3 aromatic rings. The van der Waals surface area contributed by atoms with Crippen LogP contribution in [0.3, 0.4) is 0 Å². The van der Waals surface area contributed by atoms with Crippen molar-refractivity contribution in [1.82, 2.24) is 3.12 Å². The molecule has 0 radical (unpaired) electrons. The second-order valence-corrected chi connectivity index (χ2v) is 17.4. The predicted molar refractivity (Wildman–Crippen MR) is 144 cm³/mol. The first-order valence-electron chi connectivity index (χ1n) is 12.2. The van der Waals surface area contributed by atoms with Crippen LogP contribution in [0.1, 0.15) is 20.8 Å². The highest BCUT2D eigenvalue weighted by atomic mass is 32.4. The first-order valence-corrected chi connectivity index (χ1v) is 16.6. The molecule has 6 nitrogen and oxygen atoms in total. The lowest BCUT2D eigenvalue weighted by atomic mass is 10.2. The number of benzene rings is 3. The number of rotatable bonds is 9. The Morgan fingerprint density at radius 2 is 0.822 bits per heavy atom. The van der Waals surface area contributed by atoms with E-state index in [9.17, 15) is 60.7 Å². The van der Waals surface area contributed by atoms with Crippen LogP contribution in [0, 0.1) is 0 Å². The zero-order valence-electron chi connectivity index (χ0n) is 23.1. The minimum atomic E-state index is -8.09. The van der Waals surface area contributed by atoms with E-state index >= 15 is 0 Å². The van der Waals surface area contributed by atoms with Crippen molar-refractivity contribution in [3.8, 4) is 5.75 Å². The number of nitrogens with zero attached hydrogens (tertiary/aromatic N) is 1. The van der Waals surface area contributed by atoms with Crippen molar-refractivity contribution in [3.05, 3.63) is 84.9 Å². The van der Waals surface area contributed by atoms with Crippen molar-refractivity contribution < 1.29 is 65.5 Å². The summed E-state index contributed by atoms with van der Waals surface area (Å²) in [6, 6.07) is 13.1. The van der Waals surface area contributed by atoms with Gasteiger partial charge in [0.25, 0.3) is 0 Å². The van der Waals surface area contributed by atoms with E-state index in [-0.39, 0.29) is 5.75 Å². The standard InChI is InChI=1S/C26H23F10NO5S3/c1-22(2,3)42-18-14-16-21(17-15-18)43(19-10-6-4-7-11-19,20-12-8-5-9-13-20)37(44(38,39)25(33,34)23(27,28)29)45(40,41)26(35,36)24(30,31)32/h4-17H,1-3H3. The summed E-state index contributed by atoms with van der Waals surface area (Å²) in [4.78, 5) is -2.48. The van der Waals surface area contributed by atoms with Gasteiger partial charge < -0.3 is 4.74 Å². The second-order valence-electron chi connectivity index (χ2n) is 10.1. The molecule has 0 bridgehead atoms. The molecule has 0 saturated carbocycles. The van der Waals surface area contributed by atoms with E-state index in [4.69, 9.17) is 4.74 Å². The van der Waals surface area contributed by atoms with Gasteiger partial charge in [-0.3, -0.25) is 0 Å². The van der Waals surface area contributed by atoms with Crippen LogP contribution in [0.15, 0.2) is 99.6 Å². The summed E-state index contributed by atoms with van der Waals surface area (Å²) in [6.45, 7) is 4.72. The third-order valence-electron chi connectivity index (χ3n) is 5.68. The van der Waals surface area contributed by atoms with Crippen molar-refractivity contribution in [2.45, 2.75) is 63.9 Å². The smallest absolute Gasteiger partial charge is 0.471 e. The maximum atomic E-state index is 14.9. The molecule has 0 saturated heterocycles. The fourth-order valence-electron chi connectivity index (χ4n) is 3.86. The van der Waals surface area contributed by atoms with Gasteiger partial charge >= 0.3 is 42.9 Å². The van der Waals surface area contributed by atoms with E-state index in [0.717, 1.165) is 72.8 Å². The van der Waals surface area contributed by atoms with Gasteiger partial charge in [0.05, 0.1) is 0 Å². The van der Waals surface area contributed by atoms with Crippen LogP contribution in [-0.4, -0.2) is 48.4 Å². The van der Waals surface area contributed by atoms with Gasteiger partial charge in [0.1, 0.15) is 11.4 Å². The quantitative estimate of drug-likeness (QED) is 0.208. The molecule has 19 heteroatoms. The van der Waals surface area contributed by atoms with Gasteiger partial charge in [-0.2, -0.15) is 43.9 Å².